The SMILES string of the molecule is COc1cnc(-c2cc(Cl)cc(C)c2F)nc1N. The number of aromatic nitrogens is 2. The number of anilines is 1. The van der Waals surface area contributed by atoms with Crippen LogP contribution in [0.5, 0.6) is 5.75 Å². The van der Waals surface area contributed by atoms with Gasteiger partial charge in [-0.3, -0.25) is 0 Å². The number of halogens is 2. The predicted molar refractivity (Wildman–Crippen MR) is 68.1 cm³/mol. The third kappa shape index (κ3) is 2.22. The summed E-state index contributed by atoms with van der Waals surface area (Å²) >= 11 is 5.89. The Balaban J connectivity index is 2.58. The van der Waals surface area contributed by atoms with Crippen molar-refractivity contribution in [3.05, 3.63) is 34.7 Å². The molecule has 0 fully saturated rings. The van der Waals surface area contributed by atoms with Gasteiger partial charge in [0.25, 0.3) is 0 Å². The van der Waals surface area contributed by atoms with Crippen LogP contribution in [0.2, 0.25) is 5.02 Å². The van der Waals surface area contributed by atoms with Crippen molar-refractivity contribution in [2.75, 3.05) is 12.8 Å². The van der Waals surface area contributed by atoms with Crippen LogP contribution in [-0.2, 0) is 0 Å². The van der Waals surface area contributed by atoms with Crippen molar-refractivity contribution in [1.82, 2.24) is 9.97 Å². The zero-order valence-corrected chi connectivity index (χ0v) is 10.6. The summed E-state index contributed by atoms with van der Waals surface area (Å²) in [4.78, 5) is 8.01. The van der Waals surface area contributed by atoms with Crippen molar-refractivity contribution in [1.29, 1.82) is 0 Å². The van der Waals surface area contributed by atoms with Crippen molar-refractivity contribution < 1.29 is 9.13 Å². The second-order valence-electron chi connectivity index (χ2n) is 3.73. The number of hydrogen-bond acceptors (Lipinski definition) is 4. The van der Waals surface area contributed by atoms with Crippen LogP contribution in [0.3, 0.4) is 0 Å². The third-order valence-electron chi connectivity index (χ3n) is 2.46. The lowest BCUT2D eigenvalue weighted by Gasteiger charge is -2.08. The number of ether oxygens (including phenoxy) is 1. The molecule has 4 nitrogen and oxygen atoms in total. The summed E-state index contributed by atoms with van der Waals surface area (Å²) in [5.74, 6) is 0.262. The van der Waals surface area contributed by atoms with Gasteiger partial charge in [0.05, 0.1) is 18.9 Å². The van der Waals surface area contributed by atoms with Crippen LogP contribution in [0.25, 0.3) is 11.4 Å². The molecular formula is C12H11ClFN3O. The highest BCUT2D eigenvalue weighted by atomic mass is 35.5. The number of rotatable bonds is 2. The van der Waals surface area contributed by atoms with Gasteiger partial charge in [0, 0.05) is 5.02 Å². The number of benzene rings is 1. The average Bonchev–Trinajstić information content (AvgIpc) is 2.33. The first-order valence-corrected chi connectivity index (χ1v) is 5.53. The number of hydrogen-bond donors (Lipinski definition) is 1. The lowest BCUT2D eigenvalue weighted by Crippen LogP contribution is -2.01. The van der Waals surface area contributed by atoms with E-state index in [-0.39, 0.29) is 17.2 Å². The molecule has 0 saturated heterocycles. The van der Waals surface area contributed by atoms with E-state index in [0.29, 0.717) is 16.3 Å². The molecule has 18 heavy (non-hydrogen) atoms. The number of methoxy groups -OCH3 is 1. The molecule has 0 atom stereocenters. The van der Waals surface area contributed by atoms with Gasteiger partial charge in [0.1, 0.15) is 5.82 Å². The van der Waals surface area contributed by atoms with E-state index in [1.807, 2.05) is 0 Å². The summed E-state index contributed by atoms with van der Waals surface area (Å²) in [6.07, 6.45) is 1.40. The van der Waals surface area contributed by atoms with E-state index in [4.69, 9.17) is 22.1 Å². The fraction of sp³-hybridized carbons (Fsp3) is 0.167. The Hall–Kier alpha value is -1.88. The van der Waals surface area contributed by atoms with Gasteiger partial charge < -0.3 is 10.5 Å². The number of nitrogens with zero attached hydrogens (tertiary/aromatic N) is 2. The molecule has 6 heteroatoms. The molecule has 0 amide bonds. The fourth-order valence-electron chi connectivity index (χ4n) is 1.56. The van der Waals surface area contributed by atoms with E-state index in [0.717, 1.165) is 0 Å². The van der Waals surface area contributed by atoms with E-state index in [1.54, 1.807) is 6.92 Å². The molecule has 0 aliphatic rings. The highest BCUT2D eigenvalue weighted by Gasteiger charge is 2.13. The summed E-state index contributed by atoms with van der Waals surface area (Å²) in [7, 11) is 1.46. The fourth-order valence-corrected chi connectivity index (χ4v) is 1.83. The van der Waals surface area contributed by atoms with Crippen molar-refractivity contribution in [2.24, 2.45) is 0 Å². The maximum atomic E-state index is 14.0. The minimum atomic E-state index is -0.413. The van der Waals surface area contributed by atoms with Gasteiger partial charge in [-0.15, -0.1) is 0 Å². The van der Waals surface area contributed by atoms with Crippen molar-refractivity contribution in [3.8, 4) is 17.1 Å². The second kappa shape index (κ2) is 4.78. The van der Waals surface area contributed by atoms with Gasteiger partial charge in [-0.05, 0) is 24.6 Å². The number of aryl methyl sites for hydroxylation is 1. The highest BCUT2D eigenvalue weighted by molar-refractivity contribution is 6.30. The molecule has 1 heterocycles. The molecule has 0 aliphatic heterocycles. The van der Waals surface area contributed by atoms with Crippen LogP contribution in [0.4, 0.5) is 10.2 Å². The van der Waals surface area contributed by atoms with Crippen LogP contribution in [0.1, 0.15) is 5.56 Å². The lowest BCUT2D eigenvalue weighted by atomic mass is 10.1. The molecule has 94 valence electrons. The Morgan fingerprint density at radius 2 is 2.11 bits per heavy atom. The molecule has 1 aromatic heterocycles. The van der Waals surface area contributed by atoms with E-state index < -0.39 is 5.82 Å². The van der Waals surface area contributed by atoms with E-state index in [9.17, 15) is 4.39 Å². The first kappa shape index (κ1) is 12.6. The Morgan fingerprint density at radius 3 is 2.72 bits per heavy atom. The first-order valence-electron chi connectivity index (χ1n) is 5.15. The van der Waals surface area contributed by atoms with Crippen molar-refractivity contribution in [2.45, 2.75) is 6.92 Å². The normalized spacial score (nSPS) is 10.4. The molecule has 0 unspecified atom stereocenters. The summed E-state index contributed by atoms with van der Waals surface area (Å²) in [5.41, 5.74) is 6.31. The van der Waals surface area contributed by atoms with Crippen molar-refractivity contribution >= 4 is 17.4 Å². The molecule has 0 aliphatic carbocycles. The smallest absolute Gasteiger partial charge is 0.179 e. The number of nitrogens with two attached hydrogens (primary N) is 1. The molecule has 2 N–H and O–H groups in total. The largest absolute Gasteiger partial charge is 0.491 e. The van der Waals surface area contributed by atoms with Gasteiger partial charge in [-0.25, -0.2) is 14.4 Å². The Bertz CT molecular complexity index is 604. The average molecular weight is 268 g/mol. The summed E-state index contributed by atoms with van der Waals surface area (Å²) in [6, 6.07) is 3.00. The Labute approximate surface area is 109 Å². The molecule has 0 bridgehead atoms. The van der Waals surface area contributed by atoms with Crippen LogP contribution >= 0.6 is 11.6 Å². The van der Waals surface area contributed by atoms with Crippen LogP contribution < -0.4 is 10.5 Å². The van der Waals surface area contributed by atoms with Crippen LogP contribution in [0.15, 0.2) is 18.3 Å². The Kier molecular flexibility index (Phi) is 3.34. The van der Waals surface area contributed by atoms with E-state index in [2.05, 4.69) is 9.97 Å². The zero-order valence-electron chi connectivity index (χ0n) is 9.87. The summed E-state index contributed by atoms with van der Waals surface area (Å²) < 4.78 is 18.9. The molecule has 0 radical (unpaired) electrons. The molecular weight excluding hydrogens is 257 g/mol. The minimum Gasteiger partial charge on any atom is -0.491 e. The summed E-state index contributed by atoms with van der Waals surface area (Å²) in [6.45, 7) is 1.62. The monoisotopic (exact) mass is 267 g/mol. The standard InChI is InChI=1S/C12H11ClFN3O/c1-6-3-7(13)4-8(10(6)14)12-16-5-9(18-2)11(15)17-12/h3-5H,1-2H3,(H2,15,16,17). The maximum Gasteiger partial charge on any atom is 0.179 e. The summed E-state index contributed by atoms with van der Waals surface area (Å²) in [5, 5.41) is 0.418. The van der Waals surface area contributed by atoms with E-state index >= 15 is 0 Å². The highest BCUT2D eigenvalue weighted by Crippen LogP contribution is 2.28. The quantitative estimate of drug-likeness (QED) is 0.909. The maximum absolute atomic E-state index is 14.0. The van der Waals surface area contributed by atoms with E-state index in [1.165, 1.54) is 25.4 Å². The molecule has 0 saturated carbocycles. The van der Waals surface area contributed by atoms with Crippen LogP contribution in [0, 0.1) is 12.7 Å². The van der Waals surface area contributed by atoms with Gasteiger partial charge >= 0.3 is 0 Å². The van der Waals surface area contributed by atoms with Gasteiger partial charge in [0.15, 0.2) is 17.4 Å². The number of nitrogen functional groups attached to an aromatic ring is 1. The molecule has 1 aromatic carbocycles. The lowest BCUT2D eigenvalue weighted by molar-refractivity contribution is 0.413. The van der Waals surface area contributed by atoms with Gasteiger partial charge in [-0.2, -0.15) is 0 Å². The topological polar surface area (TPSA) is 61.0 Å². The van der Waals surface area contributed by atoms with Crippen molar-refractivity contribution in [3.63, 3.8) is 0 Å². The molecule has 2 rings (SSSR count). The predicted octanol–water partition coefficient (Wildman–Crippen LogP) is 2.84. The molecule has 2 aromatic rings. The van der Waals surface area contributed by atoms with Gasteiger partial charge in [0.2, 0.25) is 0 Å². The minimum absolute atomic E-state index is 0.152. The Morgan fingerprint density at radius 1 is 1.39 bits per heavy atom. The molecule has 0 spiro atoms. The zero-order chi connectivity index (χ0) is 13.3. The first-order chi connectivity index (χ1) is 8.52. The van der Waals surface area contributed by atoms with Crippen LogP contribution in [-0.4, -0.2) is 17.1 Å². The van der Waals surface area contributed by atoms with Gasteiger partial charge in [-0.1, -0.05) is 11.6 Å². The third-order valence-corrected chi connectivity index (χ3v) is 2.68. The second-order valence-corrected chi connectivity index (χ2v) is 4.17.